The van der Waals surface area contributed by atoms with Crippen LogP contribution in [0.1, 0.15) is 57.1 Å². The van der Waals surface area contributed by atoms with Crippen LogP contribution in [-0.2, 0) is 24.3 Å². The Morgan fingerprint density at radius 2 is 1.76 bits per heavy atom. The van der Waals surface area contributed by atoms with Crippen molar-refractivity contribution in [1.29, 1.82) is 0 Å². The lowest BCUT2D eigenvalue weighted by atomic mass is 9.90. The van der Waals surface area contributed by atoms with Gasteiger partial charge in [0.1, 0.15) is 20.9 Å². The van der Waals surface area contributed by atoms with Crippen molar-refractivity contribution >= 4 is 37.6 Å². The van der Waals surface area contributed by atoms with Gasteiger partial charge < -0.3 is 14.5 Å². The lowest BCUT2D eigenvalue weighted by Crippen LogP contribution is -2.35. The van der Waals surface area contributed by atoms with E-state index in [1.54, 1.807) is 4.68 Å². The Labute approximate surface area is 197 Å². The van der Waals surface area contributed by atoms with Crippen LogP contribution >= 0.6 is 11.3 Å². The van der Waals surface area contributed by atoms with Gasteiger partial charge in [0, 0.05) is 37.0 Å². The van der Waals surface area contributed by atoms with Gasteiger partial charge in [-0.25, -0.2) is 9.67 Å². The minimum absolute atomic E-state index is 0.0391. The molecule has 0 aliphatic carbocycles. The third kappa shape index (κ3) is 3.84. The number of rotatable bonds is 4. The minimum atomic E-state index is -0.255. The Balaban J connectivity index is 1.45. The molecule has 2 saturated heterocycles. The molecule has 0 aromatic carbocycles. The first-order chi connectivity index (χ1) is 16.0. The van der Waals surface area contributed by atoms with Crippen LogP contribution in [0.4, 0.5) is 5.82 Å². The molecule has 3 aliphatic rings. The Hall–Kier alpha value is -2.10. The average molecular weight is 469 g/mol. The number of nitrogens with zero attached hydrogens (tertiary/aromatic N) is 6. The fraction of sp³-hybridized carbons (Fsp3) is 0.667. The summed E-state index contributed by atoms with van der Waals surface area (Å²) in [6.07, 6.45) is 6.97. The molecule has 0 radical (unpaired) electrons. The van der Waals surface area contributed by atoms with Crippen LogP contribution in [0.2, 0.25) is 0 Å². The number of ether oxygens (including phenoxy) is 1. The molecule has 33 heavy (non-hydrogen) atoms. The molecule has 0 amide bonds. The van der Waals surface area contributed by atoms with Crippen LogP contribution < -0.4 is 10.5 Å². The largest absolute Gasteiger partial charge is 0.370 e. The highest BCUT2D eigenvalue weighted by molar-refractivity contribution is 7.25. The normalized spacial score (nSPS) is 21.2. The number of likely N-dealkylation sites (tertiary alicyclic amines) is 1. The molecule has 0 unspecified atom stereocenters. The molecule has 176 valence electrons. The zero-order valence-corrected chi connectivity index (χ0v) is 20.4. The van der Waals surface area contributed by atoms with Gasteiger partial charge in [0.2, 0.25) is 0 Å². The number of fused-ring (bicyclic) bond motifs is 5. The molecule has 8 nitrogen and oxygen atoms in total. The van der Waals surface area contributed by atoms with Crippen molar-refractivity contribution in [1.82, 2.24) is 24.9 Å². The van der Waals surface area contributed by atoms with E-state index in [0.29, 0.717) is 23.4 Å². The Morgan fingerprint density at radius 3 is 2.55 bits per heavy atom. The third-order valence-corrected chi connectivity index (χ3v) is 8.44. The first-order valence-electron chi connectivity index (χ1n) is 12.3. The van der Waals surface area contributed by atoms with E-state index in [0.717, 1.165) is 55.2 Å². The molecule has 3 aromatic rings. The molecule has 0 bridgehead atoms. The highest BCUT2D eigenvalue weighted by atomic mass is 32.1. The quantitative estimate of drug-likeness (QED) is 0.581. The highest BCUT2D eigenvalue weighted by Gasteiger charge is 2.33. The van der Waals surface area contributed by atoms with Gasteiger partial charge in [0.25, 0.3) is 5.56 Å². The maximum atomic E-state index is 13.4. The summed E-state index contributed by atoms with van der Waals surface area (Å²) in [5.41, 5.74) is 2.82. The topological polar surface area (TPSA) is 76.4 Å². The second kappa shape index (κ2) is 8.29. The van der Waals surface area contributed by atoms with Crippen molar-refractivity contribution in [2.75, 3.05) is 37.6 Å². The SMILES string of the molecule is CC1(C)Cc2c(c(N3CCCC3)nc3sc4c(=O)n(CCN5CCCCC5)nnc4c23)CO1. The summed E-state index contributed by atoms with van der Waals surface area (Å²) < 4.78 is 8.42. The lowest BCUT2D eigenvalue weighted by Gasteiger charge is -2.34. The number of thiophene rings is 1. The van der Waals surface area contributed by atoms with Crippen molar-refractivity contribution < 1.29 is 4.74 Å². The van der Waals surface area contributed by atoms with E-state index in [4.69, 9.17) is 9.72 Å². The standard InChI is InChI=1S/C24H32N6O2S/c1-24(2)14-16-17(15-32-24)21(29-10-6-7-11-29)25-22-18(16)19-20(33-22)23(31)30(27-26-19)13-12-28-8-4-3-5-9-28/h3-15H2,1-2H3. The zero-order valence-electron chi connectivity index (χ0n) is 19.6. The summed E-state index contributed by atoms with van der Waals surface area (Å²) in [6, 6.07) is 0. The molecule has 0 N–H and O–H groups in total. The monoisotopic (exact) mass is 468 g/mol. The first kappa shape index (κ1) is 21.4. The zero-order chi connectivity index (χ0) is 22.6. The summed E-state index contributed by atoms with van der Waals surface area (Å²) >= 11 is 1.48. The average Bonchev–Trinajstić information content (AvgIpc) is 3.47. The third-order valence-electron chi connectivity index (χ3n) is 7.38. The number of anilines is 1. The molecule has 3 aliphatic heterocycles. The van der Waals surface area contributed by atoms with E-state index in [9.17, 15) is 4.79 Å². The second-order valence-electron chi connectivity index (χ2n) is 10.3. The fourth-order valence-corrected chi connectivity index (χ4v) is 6.63. The van der Waals surface area contributed by atoms with Crippen LogP contribution in [0, 0.1) is 0 Å². The summed E-state index contributed by atoms with van der Waals surface area (Å²) in [5.74, 6) is 1.04. The molecule has 0 spiro atoms. The van der Waals surface area contributed by atoms with Crippen molar-refractivity contribution in [3.8, 4) is 0 Å². The lowest BCUT2D eigenvalue weighted by molar-refractivity contribution is -0.0395. The van der Waals surface area contributed by atoms with E-state index in [1.807, 2.05) is 0 Å². The number of aromatic nitrogens is 4. The van der Waals surface area contributed by atoms with Crippen molar-refractivity contribution in [3.63, 3.8) is 0 Å². The van der Waals surface area contributed by atoms with Crippen LogP contribution in [0.15, 0.2) is 4.79 Å². The van der Waals surface area contributed by atoms with Crippen molar-refractivity contribution in [3.05, 3.63) is 21.5 Å². The van der Waals surface area contributed by atoms with Gasteiger partial charge in [-0.1, -0.05) is 11.6 Å². The van der Waals surface area contributed by atoms with Crippen LogP contribution in [-0.4, -0.2) is 63.2 Å². The second-order valence-corrected chi connectivity index (χ2v) is 11.3. The van der Waals surface area contributed by atoms with E-state index in [2.05, 4.69) is 34.0 Å². The Bertz CT molecular complexity index is 1250. The summed E-state index contributed by atoms with van der Waals surface area (Å²) in [7, 11) is 0. The molecule has 0 saturated carbocycles. The van der Waals surface area contributed by atoms with Crippen LogP contribution in [0.25, 0.3) is 20.4 Å². The number of piperidine rings is 1. The number of pyridine rings is 1. The predicted octanol–water partition coefficient (Wildman–Crippen LogP) is 3.34. The summed E-state index contributed by atoms with van der Waals surface area (Å²) in [6.45, 7) is 10.5. The fourth-order valence-electron chi connectivity index (χ4n) is 5.55. The number of hydrogen-bond donors (Lipinski definition) is 0. The maximum absolute atomic E-state index is 13.4. The van der Waals surface area contributed by atoms with E-state index >= 15 is 0 Å². The predicted molar refractivity (Wildman–Crippen MR) is 131 cm³/mol. The van der Waals surface area contributed by atoms with Crippen LogP contribution in [0.5, 0.6) is 0 Å². The smallest absolute Gasteiger partial charge is 0.287 e. The maximum Gasteiger partial charge on any atom is 0.287 e. The molecular formula is C24H32N6O2S. The van der Waals surface area contributed by atoms with Crippen molar-refractivity contribution in [2.45, 2.75) is 71.1 Å². The molecule has 3 aromatic heterocycles. The van der Waals surface area contributed by atoms with Crippen LogP contribution in [0.3, 0.4) is 0 Å². The molecule has 2 fully saturated rings. The van der Waals surface area contributed by atoms with Gasteiger partial charge in [-0.05, 0) is 58.2 Å². The van der Waals surface area contributed by atoms with Gasteiger partial charge in [-0.15, -0.1) is 16.4 Å². The molecule has 6 rings (SSSR count). The van der Waals surface area contributed by atoms with E-state index in [1.165, 1.54) is 54.6 Å². The molecule has 6 heterocycles. The van der Waals surface area contributed by atoms with Crippen molar-refractivity contribution in [2.24, 2.45) is 0 Å². The van der Waals surface area contributed by atoms with E-state index < -0.39 is 0 Å². The number of hydrogen-bond acceptors (Lipinski definition) is 8. The summed E-state index contributed by atoms with van der Waals surface area (Å²) in [4.78, 5) is 24.2. The van der Waals surface area contributed by atoms with Gasteiger partial charge in [0.05, 0.1) is 18.8 Å². The van der Waals surface area contributed by atoms with Gasteiger partial charge in [-0.3, -0.25) is 4.79 Å². The summed E-state index contributed by atoms with van der Waals surface area (Å²) in [5, 5.41) is 9.96. The highest BCUT2D eigenvalue weighted by Crippen LogP contribution is 2.42. The first-order valence-corrected chi connectivity index (χ1v) is 13.1. The molecule has 0 atom stereocenters. The minimum Gasteiger partial charge on any atom is -0.370 e. The molecule has 9 heteroatoms. The van der Waals surface area contributed by atoms with Gasteiger partial charge >= 0.3 is 0 Å². The Morgan fingerprint density at radius 1 is 1.00 bits per heavy atom. The molecular weight excluding hydrogens is 436 g/mol. The van der Waals surface area contributed by atoms with Gasteiger partial charge in [0.15, 0.2) is 0 Å². The Kier molecular flexibility index (Phi) is 5.38. The van der Waals surface area contributed by atoms with Gasteiger partial charge in [-0.2, -0.15) is 0 Å². The van der Waals surface area contributed by atoms with E-state index in [-0.39, 0.29) is 11.2 Å².